The highest BCUT2D eigenvalue weighted by Gasteiger charge is 2.21. The van der Waals surface area contributed by atoms with Crippen LogP contribution in [0.3, 0.4) is 0 Å². The lowest BCUT2D eigenvalue weighted by atomic mass is 10.0. The van der Waals surface area contributed by atoms with Gasteiger partial charge in [-0.15, -0.1) is 0 Å². The molecule has 1 aromatic heterocycles. The van der Waals surface area contributed by atoms with Gasteiger partial charge in [0.25, 0.3) is 10.0 Å². The number of benzene rings is 2. The Balaban J connectivity index is 1.91. The Hall–Kier alpha value is -2.60. The summed E-state index contributed by atoms with van der Waals surface area (Å²) in [5.74, 6) is 0. The summed E-state index contributed by atoms with van der Waals surface area (Å²) in [7, 11) is -3.68. The Labute approximate surface area is 148 Å². The van der Waals surface area contributed by atoms with E-state index in [4.69, 9.17) is 0 Å². The number of aromatic nitrogens is 2. The second-order valence-corrected chi connectivity index (χ2v) is 7.51. The average Bonchev–Trinajstić information content (AvgIpc) is 2.99. The molecular formula is C19H21N3O2S. The van der Waals surface area contributed by atoms with E-state index in [0.29, 0.717) is 24.3 Å². The fourth-order valence-electron chi connectivity index (χ4n) is 2.71. The molecule has 0 spiro atoms. The molecule has 0 atom stereocenters. The van der Waals surface area contributed by atoms with E-state index in [1.54, 1.807) is 23.9 Å². The summed E-state index contributed by atoms with van der Waals surface area (Å²) in [6.07, 6.45) is 2.23. The van der Waals surface area contributed by atoms with E-state index in [1.807, 2.05) is 55.5 Å². The number of nitrogens with one attached hydrogen (secondary N) is 1. The molecule has 0 saturated heterocycles. The molecule has 6 heteroatoms. The van der Waals surface area contributed by atoms with Crippen LogP contribution in [-0.4, -0.2) is 18.2 Å². The summed E-state index contributed by atoms with van der Waals surface area (Å²) < 4.78 is 29.9. The van der Waals surface area contributed by atoms with Gasteiger partial charge in [0.15, 0.2) is 0 Å². The molecule has 0 bridgehead atoms. The van der Waals surface area contributed by atoms with Crippen molar-refractivity contribution in [3.05, 3.63) is 77.6 Å². The van der Waals surface area contributed by atoms with Crippen LogP contribution in [0.2, 0.25) is 0 Å². The second kappa shape index (κ2) is 7.11. The molecule has 3 aromatic rings. The number of para-hydroxylation sites is 1. The highest BCUT2D eigenvalue weighted by atomic mass is 32.2. The van der Waals surface area contributed by atoms with E-state index in [2.05, 4.69) is 9.82 Å². The smallest absolute Gasteiger partial charge is 0.265 e. The number of sulfonamides is 1. The zero-order chi connectivity index (χ0) is 17.9. The van der Waals surface area contributed by atoms with Crippen molar-refractivity contribution in [3.63, 3.8) is 0 Å². The topological polar surface area (TPSA) is 64.0 Å². The van der Waals surface area contributed by atoms with E-state index in [-0.39, 0.29) is 4.90 Å². The van der Waals surface area contributed by atoms with Crippen molar-refractivity contribution < 1.29 is 8.42 Å². The van der Waals surface area contributed by atoms with Gasteiger partial charge < -0.3 is 0 Å². The van der Waals surface area contributed by atoms with Gasteiger partial charge in [0.05, 0.1) is 11.4 Å². The lowest BCUT2D eigenvalue weighted by molar-refractivity contribution is 0.600. The number of hydrogen-bond acceptors (Lipinski definition) is 3. The van der Waals surface area contributed by atoms with Gasteiger partial charge in [-0.25, -0.2) is 8.42 Å². The fraction of sp³-hybridized carbons (Fsp3) is 0.211. The maximum Gasteiger partial charge on any atom is 0.265 e. The van der Waals surface area contributed by atoms with Gasteiger partial charge in [0.2, 0.25) is 0 Å². The molecule has 3 rings (SSSR count). The molecule has 2 aromatic carbocycles. The van der Waals surface area contributed by atoms with Crippen LogP contribution in [-0.2, 0) is 23.0 Å². The first kappa shape index (κ1) is 17.2. The van der Waals surface area contributed by atoms with Crippen LogP contribution in [0.15, 0.2) is 65.7 Å². The summed E-state index contributed by atoms with van der Waals surface area (Å²) in [5.41, 5.74) is 3.15. The van der Waals surface area contributed by atoms with Crippen molar-refractivity contribution in [2.45, 2.75) is 31.7 Å². The number of rotatable bonds is 6. The minimum atomic E-state index is -3.68. The Morgan fingerprint density at radius 1 is 1.04 bits per heavy atom. The van der Waals surface area contributed by atoms with Crippen molar-refractivity contribution in [2.24, 2.45) is 0 Å². The summed E-state index contributed by atoms with van der Waals surface area (Å²) in [5, 5.41) is 4.22. The zero-order valence-electron chi connectivity index (χ0n) is 14.3. The van der Waals surface area contributed by atoms with Crippen molar-refractivity contribution in [3.8, 4) is 0 Å². The Bertz CT molecular complexity index is 963. The third kappa shape index (κ3) is 3.91. The van der Waals surface area contributed by atoms with Gasteiger partial charge >= 0.3 is 0 Å². The van der Waals surface area contributed by atoms with Crippen molar-refractivity contribution >= 4 is 15.7 Å². The van der Waals surface area contributed by atoms with Gasteiger partial charge in [-0.05, 0) is 37.5 Å². The molecule has 0 unspecified atom stereocenters. The third-order valence-electron chi connectivity index (χ3n) is 4.01. The van der Waals surface area contributed by atoms with Crippen LogP contribution in [0.4, 0.5) is 5.69 Å². The molecule has 1 heterocycles. The predicted octanol–water partition coefficient (Wildman–Crippen LogP) is 3.60. The largest absolute Gasteiger partial charge is 0.279 e. The van der Waals surface area contributed by atoms with Crippen molar-refractivity contribution in [1.82, 2.24) is 9.78 Å². The first-order valence-electron chi connectivity index (χ1n) is 8.18. The van der Waals surface area contributed by atoms with Gasteiger partial charge in [-0.2, -0.15) is 5.10 Å². The van der Waals surface area contributed by atoms with Crippen LogP contribution in [0.1, 0.15) is 23.7 Å². The zero-order valence-corrected chi connectivity index (χ0v) is 15.1. The normalized spacial score (nSPS) is 11.4. The first-order valence-corrected chi connectivity index (χ1v) is 9.66. The second-order valence-electron chi connectivity index (χ2n) is 5.86. The highest BCUT2D eigenvalue weighted by molar-refractivity contribution is 7.92. The fourth-order valence-corrected chi connectivity index (χ4v) is 4.00. The predicted molar refractivity (Wildman–Crippen MR) is 99.1 cm³/mol. The molecular weight excluding hydrogens is 334 g/mol. The van der Waals surface area contributed by atoms with Crippen LogP contribution < -0.4 is 4.72 Å². The molecule has 0 saturated carbocycles. The Morgan fingerprint density at radius 2 is 1.72 bits per heavy atom. The third-order valence-corrected chi connectivity index (χ3v) is 5.48. The number of anilines is 1. The summed E-state index contributed by atoms with van der Waals surface area (Å²) in [6.45, 7) is 4.25. The minimum Gasteiger partial charge on any atom is -0.279 e. The quantitative estimate of drug-likeness (QED) is 0.735. The first-order chi connectivity index (χ1) is 12.0. The van der Waals surface area contributed by atoms with Crippen LogP contribution in [0.5, 0.6) is 0 Å². The molecule has 0 radical (unpaired) electrons. The summed E-state index contributed by atoms with van der Waals surface area (Å²) >= 11 is 0. The van der Waals surface area contributed by atoms with Crippen LogP contribution in [0.25, 0.3) is 0 Å². The van der Waals surface area contributed by atoms with Gasteiger partial charge in [-0.3, -0.25) is 9.40 Å². The van der Waals surface area contributed by atoms with E-state index < -0.39 is 10.0 Å². The van der Waals surface area contributed by atoms with Gasteiger partial charge in [0.1, 0.15) is 4.90 Å². The molecule has 25 heavy (non-hydrogen) atoms. The monoisotopic (exact) mass is 355 g/mol. The van der Waals surface area contributed by atoms with Gasteiger partial charge in [0, 0.05) is 12.7 Å². The minimum absolute atomic E-state index is 0.212. The molecule has 5 nitrogen and oxygen atoms in total. The molecule has 0 aliphatic heterocycles. The Kier molecular flexibility index (Phi) is 4.90. The van der Waals surface area contributed by atoms with Crippen molar-refractivity contribution in [1.29, 1.82) is 0 Å². The molecule has 0 amide bonds. The SMILES string of the molecule is CCn1cc(S(=O)(=O)Nc2ccccc2Cc2ccccc2)c(C)n1. The maximum atomic E-state index is 12.8. The molecule has 130 valence electrons. The molecule has 0 aliphatic carbocycles. The number of nitrogens with zero attached hydrogens (tertiary/aromatic N) is 2. The van der Waals surface area contributed by atoms with E-state index in [0.717, 1.165) is 11.1 Å². The lowest BCUT2D eigenvalue weighted by Gasteiger charge is -2.12. The van der Waals surface area contributed by atoms with Crippen LogP contribution >= 0.6 is 0 Å². The summed E-state index contributed by atoms with van der Waals surface area (Å²) in [6, 6.07) is 17.4. The van der Waals surface area contributed by atoms with E-state index in [9.17, 15) is 8.42 Å². The number of aryl methyl sites for hydroxylation is 2. The van der Waals surface area contributed by atoms with Crippen LogP contribution in [0, 0.1) is 6.92 Å². The molecule has 0 aliphatic rings. The van der Waals surface area contributed by atoms with Gasteiger partial charge in [-0.1, -0.05) is 48.5 Å². The maximum absolute atomic E-state index is 12.8. The Morgan fingerprint density at radius 3 is 2.40 bits per heavy atom. The molecule has 1 N–H and O–H groups in total. The lowest BCUT2D eigenvalue weighted by Crippen LogP contribution is -2.14. The average molecular weight is 355 g/mol. The van der Waals surface area contributed by atoms with Crippen molar-refractivity contribution in [2.75, 3.05) is 4.72 Å². The summed E-state index contributed by atoms with van der Waals surface area (Å²) in [4.78, 5) is 0.212. The number of hydrogen-bond donors (Lipinski definition) is 1. The standard InChI is InChI=1S/C19H21N3O2S/c1-3-22-14-19(15(2)20-22)25(23,24)21-18-12-8-7-11-17(18)13-16-9-5-4-6-10-16/h4-12,14,21H,3,13H2,1-2H3. The highest BCUT2D eigenvalue weighted by Crippen LogP contribution is 2.23. The van der Waals surface area contributed by atoms with E-state index >= 15 is 0 Å². The molecule has 0 fully saturated rings. The van der Waals surface area contributed by atoms with E-state index in [1.165, 1.54) is 0 Å².